The van der Waals surface area contributed by atoms with Crippen LogP contribution in [-0.4, -0.2) is 46.8 Å². The zero-order valence-corrected chi connectivity index (χ0v) is 13.3. The lowest BCUT2D eigenvalue weighted by Crippen LogP contribution is -2.21. The summed E-state index contributed by atoms with van der Waals surface area (Å²) in [6.45, 7) is 2.01. The largest absolute Gasteiger partial charge is 0.461 e. The molecule has 1 aliphatic heterocycles. The van der Waals surface area contributed by atoms with Gasteiger partial charge >= 0.3 is 6.01 Å². The van der Waals surface area contributed by atoms with E-state index in [2.05, 4.69) is 20.3 Å². The Morgan fingerprint density at radius 3 is 3.22 bits per heavy atom. The molecule has 2 aromatic rings. The zero-order valence-electron chi connectivity index (χ0n) is 13.3. The molecule has 0 bridgehead atoms. The highest BCUT2D eigenvalue weighted by atomic mass is 16.5. The predicted octanol–water partition coefficient (Wildman–Crippen LogP) is 1.25. The summed E-state index contributed by atoms with van der Waals surface area (Å²) >= 11 is 0. The van der Waals surface area contributed by atoms with Gasteiger partial charge in [0.1, 0.15) is 11.8 Å². The molecular weight excluding hydrogens is 292 g/mol. The third-order valence-corrected chi connectivity index (χ3v) is 3.90. The topological polar surface area (TPSA) is 89.8 Å². The first kappa shape index (κ1) is 15.5. The van der Waals surface area contributed by atoms with Crippen LogP contribution in [0.15, 0.2) is 29.7 Å². The normalized spacial score (nSPS) is 20.0. The maximum absolute atomic E-state index is 6.18. The molecule has 3 N–H and O–H groups in total. The molecule has 0 spiro atoms. The monoisotopic (exact) mass is 314 g/mol. The molecule has 0 amide bonds. The first-order chi connectivity index (χ1) is 11.3. The Bertz CT molecular complexity index is 712. The van der Waals surface area contributed by atoms with Crippen LogP contribution < -0.4 is 15.8 Å². The van der Waals surface area contributed by atoms with Gasteiger partial charge in [0.25, 0.3) is 0 Å². The van der Waals surface area contributed by atoms with Gasteiger partial charge in [0, 0.05) is 43.5 Å². The highest BCUT2D eigenvalue weighted by Gasteiger charge is 2.17. The number of ether oxygens (including phenoxy) is 1. The van der Waals surface area contributed by atoms with E-state index in [1.165, 1.54) is 6.20 Å². The molecule has 0 saturated carbocycles. The minimum atomic E-state index is 0.156. The number of nitrogens with zero attached hydrogens (tertiary/aromatic N) is 4. The molecule has 0 aromatic carbocycles. The number of allylic oxidation sites excluding steroid dienone is 1. The summed E-state index contributed by atoms with van der Waals surface area (Å²) in [5.74, 6) is 0. The van der Waals surface area contributed by atoms with Crippen LogP contribution in [-0.2, 0) is 0 Å². The fourth-order valence-corrected chi connectivity index (χ4v) is 2.71. The number of aromatic nitrogens is 3. The number of fused-ring (bicyclic) bond motifs is 1. The van der Waals surface area contributed by atoms with E-state index >= 15 is 0 Å². The van der Waals surface area contributed by atoms with Crippen molar-refractivity contribution in [2.75, 3.05) is 20.1 Å². The molecule has 23 heavy (non-hydrogen) atoms. The lowest BCUT2D eigenvalue weighted by Gasteiger charge is -2.17. The van der Waals surface area contributed by atoms with Crippen LogP contribution in [0, 0.1) is 0 Å². The molecular formula is C16H22N6O. The number of aliphatic imine (C=N–C) groups is 1. The second-order valence-electron chi connectivity index (χ2n) is 5.51. The van der Waals surface area contributed by atoms with Crippen LogP contribution >= 0.6 is 0 Å². The number of imidazole rings is 1. The van der Waals surface area contributed by atoms with Gasteiger partial charge in [0.2, 0.25) is 0 Å². The van der Waals surface area contributed by atoms with Crippen molar-refractivity contribution in [1.82, 2.24) is 19.7 Å². The van der Waals surface area contributed by atoms with E-state index in [0.717, 1.165) is 43.6 Å². The summed E-state index contributed by atoms with van der Waals surface area (Å²) in [7, 11) is 1.70. The third kappa shape index (κ3) is 3.50. The highest BCUT2D eigenvalue weighted by Crippen LogP contribution is 2.21. The Labute approximate surface area is 135 Å². The molecule has 122 valence electrons. The van der Waals surface area contributed by atoms with Gasteiger partial charge in [0.05, 0.1) is 5.69 Å². The second kappa shape index (κ2) is 7.23. The van der Waals surface area contributed by atoms with Crippen LogP contribution in [0.4, 0.5) is 0 Å². The van der Waals surface area contributed by atoms with Crippen LogP contribution in [0.2, 0.25) is 0 Å². The van der Waals surface area contributed by atoms with Crippen molar-refractivity contribution in [1.29, 1.82) is 0 Å². The summed E-state index contributed by atoms with van der Waals surface area (Å²) in [5, 5.41) is 3.39. The summed E-state index contributed by atoms with van der Waals surface area (Å²) in [5.41, 5.74) is 7.92. The van der Waals surface area contributed by atoms with Gasteiger partial charge in [-0.3, -0.25) is 9.39 Å². The Kier molecular flexibility index (Phi) is 4.87. The van der Waals surface area contributed by atoms with Crippen molar-refractivity contribution >= 4 is 17.4 Å². The van der Waals surface area contributed by atoms with Crippen molar-refractivity contribution in [3.8, 4) is 6.01 Å². The molecule has 3 heterocycles. The number of nitrogens with one attached hydrogen (secondary N) is 1. The molecule has 7 nitrogen and oxygen atoms in total. The van der Waals surface area contributed by atoms with E-state index in [1.54, 1.807) is 19.5 Å². The Morgan fingerprint density at radius 2 is 2.39 bits per heavy atom. The van der Waals surface area contributed by atoms with Crippen molar-refractivity contribution in [2.24, 2.45) is 10.7 Å². The Morgan fingerprint density at radius 1 is 1.48 bits per heavy atom. The molecule has 1 saturated heterocycles. The van der Waals surface area contributed by atoms with Crippen molar-refractivity contribution < 1.29 is 4.74 Å². The lowest BCUT2D eigenvalue weighted by molar-refractivity contribution is 0.169. The van der Waals surface area contributed by atoms with Gasteiger partial charge in [-0.1, -0.05) is 0 Å². The zero-order chi connectivity index (χ0) is 16.1. The number of nitrogens with two attached hydrogens (primary N) is 1. The number of rotatable bonds is 4. The molecule has 2 aromatic heterocycles. The van der Waals surface area contributed by atoms with E-state index in [4.69, 9.17) is 10.5 Å². The minimum absolute atomic E-state index is 0.156. The van der Waals surface area contributed by atoms with Crippen LogP contribution in [0.1, 0.15) is 25.0 Å². The molecule has 1 aliphatic rings. The standard InChI is InChI=1S/C16H22N6O/c1-18-11-12(10-17)14-9-15-20-7-8-22(15)16(21-14)23-13-3-2-5-19-6-4-13/h7-11,13,19H,2-6,17H2,1H3. The molecule has 7 heteroatoms. The molecule has 0 aliphatic carbocycles. The van der Waals surface area contributed by atoms with E-state index < -0.39 is 0 Å². The average molecular weight is 314 g/mol. The third-order valence-electron chi connectivity index (χ3n) is 3.90. The van der Waals surface area contributed by atoms with E-state index in [-0.39, 0.29) is 6.10 Å². The minimum Gasteiger partial charge on any atom is -0.461 e. The smallest absolute Gasteiger partial charge is 0.303 e. The van der Waals surface area contributed by atoms with E-state index in [0.29, 0.717) is 11.7 Å². The van der Waals surface area contributed by atoms with Crippen molar-refractivity contribution in [3.63, 3.8) is 0 Å². The average Bonchev–Trinajstić information content (AvgIpc) is 2.89. The number of hydrogen-bond acceptors (Lipinski definition) is 6. The van der Waals surface area contributed by atoms with Gasteiger partial charge in [-0.05, 0) is 32.4 Å². The maximum atomic E-state index is 6.18. The van der Waals surface area contributed by atoms with Gasteiger partial charge < -0.3 is 15.8 Å². The first-order valence-electron chi connectivity index (χ1n) is 7.87. The van der Waals surface area contributed by atoms with Crippen molar-refractivity contribution in [2.45, 2.75) is 25.4 Å². The van der Waals surface area contributed by atoms with Gasteiger partial charge in [-0.2, -0.15) is 4.98 Å². The second-order valence-corrected chi connectivity index (χ2v) is 5.51. The molecule has 1 atom stereocenters. The first-order valence-corrected chi connectivity index (χ1v) is 7.87. The Balaban J connectivity index is 1.95. The highest BCUT2D eigenvalue weighted by molar-refractivity contribution is 6.09. The summed E-state index contributed by atoms with van der Waals surface area (Å²) in [4.78, 5) is 13.0. The Hall–Kier alpha value is -2.41. The molecule has 3 rings (SSSR count). The maximum Gasteiger partial charge on any atom is 0.303 e. The summed E-state index contributed by atoms with van der Waals surface area (Å²) in [6.07, 6.45) is 10.0. The SMILES string of the molecule is CN=CC(=CN)c1cc2nccn2c(OC2CCCNCC2)n1. The molecule has 0 radical (unpaired) electrons. The lowest BCUT2D eigenvalue weighted by atomic mass is 10.2. The van der Waals surface area contributed by atoms with Crippen molar-refractivity contribution in [3.05, 3.63) is 30.4 Å². The van der Waals surface area contributed by atoms with Gasteiger partial charge in [0.15, 0.2) is 0 Å². The molecule has 1 fully saturated rings. The number of hydrogen-bond donors (Lipinski definition) is 2. The molecule has 1 unspecified atom stereocenters. The van der Waals surface area contributed by atoms with Crippen LogP contribution in [0.25, 0.3) is 11.2 Å². The van der Waals surface area contributed by atoms with E-state index in [1.807, 2.05) is 16.7 Å². The van der Waals surface area contributed by atoms with Gasteiger partial charge in [-0.15, -0.1) is 0 Å². The summed E-state index contributed by atoms with van der Waals surface area (Å²) in [6, 6.07) is 2.42. The quantitative estimate of drug-likeness (QED) is 0.829. The van der Waals surface area contributed by atoms with E-state index in [9.17, 15) is 0 Å². The summed E-state index contributed by atoms with van der Waals surface area (Å²) < 4.78 is 8.04. The fraction of sp³-hybridized carbons (Fsp3) is 0.438. The van der Waals surface area contributed by atoms with Gasteiger partial charge in [-0.25, -0.2) is 4.98 Å². The predicted molar refractivity (Wildman–Crippen MR) is 90.7 cm³/mol. The fourth-order valence-electron chi connectivity index (χ4n) is 2.71. The van der Waals surface area contributed by atoms with Crippen LogP contribution in [0.5, 0.6) is 6.01 Å². The van der Waals surface area contributed by atoms with Crippen LogP contribution in [0.3, 0.4) is 0 Å².